The van der Waals surface area contributed by atoms with Crippen LogP contribution in [0, 0.1) is 11.6 Å². The zero-order valence-electron chi connectivity index (χ0n) is 16.5. The van der Waals surface area contributed by atoms with Gasteiger partial charge >= 0.3 is 0 Å². The van der Waals surface area contributed by atoms with E-state index in [9.17, 15) is 22.0 Å². The van der Waals surface area contributed by atoms with E-state index in [1.54, 1.807) is 20.1 Å². The summed E-state index contributed by atoms with van der Waals surface area (Å²) in [6.07, 6.45) is 1.47. The van der Waals surface area contributed by atoms with Crippen molar-refractivity contribution in [3.8, 4) is 0 Å². The molecule has 3 rings (SSSR count). The van der Waals surface area contributed by atoms with Gasteiger partial charge < -0.3 is 9.72 Å². The number of Topliss-reactive ketones (excluding diaryl/α,β-unsaturated/α-hetero) is 1. The van der Waals surface area contributed by atoms with Crippen molar-refractivity contribution in [3.63, 3.8) is 0 Å². The zero-order valence-corrected chi connectivity index (χ0v) is 17.3. The summed E-state index contributed by atoms with van der Waals surface area (Å²) in [4.78, 5) is 19.9. The smallest absolute Gasteiger partial charge is 0.232 e. The van der Waals surface area contributed by atoms with Crippen molar-refractivity contribution >= 4 is 32.5 Å². The monoisotopic (exact) mass is 437 g/mol. The largest absolute Gasteiger partial charge is 0.378 e. The summed E-state index contributed by atoms with van der Waals surface area (Å²) in [5, 5.41) is 0.731. The molecule has 0 aliphatic heterocycles. The average Bonchev–Trinajstić information content (AvgIpc) is 3.06. The van der Waals surface area contributed by atoms with Gasteiger partial charge in [0.05, 0.1) is 23.6 Å². The van der Waals surface area contributed by atoms with Crippen LogP contribution in [0.1, 0.15) is 35.0 Å². The van der Waals surface area contributed by atoms with Crippen molar-refractivity contribution in [2.75, 3.05) is 17.6 Å². The van der Waals surface area contributed by atoms with Gasteiger partial charge in [0.15, 0.2) is 11.6 Å². The molecule has 7 nitrogen and oxygen atoms in total. The van der Waals surface area contributed by atoms with E-state index < -0.39 is 38.7 Å². The number of carbonyl (C=O) groups is 1. The first-order valence-corrected chi connectivity index (χ1v) is 10.9. The van der Waals surface area contributed by atoms with E-state index in [0.29, 0.717) is 24.2 Å². The van der Waals surface area contributed by atoms with Gasteiger partial charge in [-0.05, 0) is 36.2 Å². The van der Waals surface area contributed by atoms with Crippen molar-refractivity contribution in [1.29, 1.82) is 0 Å². The predicted molar refractivity (Wildman–Crippen MR) is 109 cm³/mol. The van der Waals surface area contributed by atoms with Crippen LogP contribution in [0.4, 0.5) is 14.5 Å². The Bertz CT molecular complexity index is 1190. The summed E-state index contributed by atoms with van der Waals surface area (Å²) in [5.74, 6) is -3.34. The number of hydrogen-bond acceptors (Lipinski definition) is 5. The number of aromatic nitrogens is 2. The molecular formula is C20H21F2N3O4S. The molecule has 2 N–H and O–H groups in total. The van der Waals surface area contributed by atoms with Crippen molar-refractivity contribution in [1.82, 2.24) is 9.97 Å². The third-order valence-electron chi connectivity index (χ3n) is 4.36. The van der Waals surface area contributed by atoms with Gasteiger partial charge in [0.1, 0.15) is 11.5 Å². The summed E-state index contributed by atoms with van der Waals surface area (Å²) in [6.45, 7) is 2.02. The second-order valence-corrected chi connectivity index (χ2v) is 8.66. The zero-order chi connectivity index (χ0) is 21.9. The minimum Gasteiger partial charge on any atom is -0.378 e. The standard InChI is InChI=1S/C20H21F2N3O4S/c1-3-6-30(27,28)25-16-5-4-15(21)18(19(16)22)17(26)8-12-7-13-9-14(11-29-2)24-20(13)23-10-12/h4-5,7,9-10,25H,3,6,8,11H2,1-2H3,(H,23,24). The Morgan fingerprint density at radius 3 is 2.73 bits per heavy atom. The van der Waals surface area contributed by atoms with Gasteiger partial charge in [0.2, 0.25) is 10.0 Å². The topological polar surface area (TPSA) is 101 Å². The highest BCUT2D eigenvalue weighted by Crippen LogP contribution is 2.24. The van der Waals surface area contributed by atoms with Gasteiger partial charge in [-0.15, -0.1) is 0 Å². The number of anilines is 1. The van der Waals surface area contributed by atoms with Crippen LogP contribution in [0.3, 0.4) is 0 Å². The maximum absolute atomic E-state index is 14.8. The van der Waals surface area contributed by atoms with Crippen molar-refractivity contribution < 1.29 is 26.7 Å². The second kappa shape index (κ2) is 8.88. The Hall–Kier alpha value is -2.85. The van der Waals surface area contributed by atoms with E-state index in [-0.39, 0.29) is 12.2 Å². The number of ketones is 1. The van der Waals surface area contributed by atoms with E-state index >= 15 is 0 Å². The maximum Gasteiger partial charge on any atom is 0.232 e. The van der Waals surface area contributed by atoms with Gasteiger partial charge in [-0.3, -0.25) is 9.52 Å². The lowest BCUT2D eigenvalue weighted by Crippen LogP contribution is -2.19. The second-order valence-electron chi connectivity index (χ2n) is 6.81. The van der Waals surface area contributed by atoms with Gasteiger partial charge in [-0.25, -0.2) is 22.2 Å². The molecule has 0 aliphatic carbocycles. The molecular weight excluding hydrogens is 416 g/mol. The van der Waals surface area contributed by atoms with Crippen molar-refractivity contribution in [3.05, 3.63) is 58.9 Å². The number of H-pyrrole nitrogens is 1. The Kier molecular flexibility index (Phi) is 6.47. The first kappa shape index (κ1) is 21.8. The number of halogens is 2. The predicted octanol–water partition coefficient (Wildman–Crippen LogP) is 3.56. The SMILES string of the molecule is CCCS(=O)(=O)Nc1ccc(F)c(C(=O)Cc2cnc3[nH]c(COC)cc3c2)c1F. The number of nitrogens with zero attached hydrogens (tertiary/aromatic N) is 1. The van der Waals surface area contributed by atoms with Gasteiger partial charge in [0.25, 0.3) is 0 Å². The van der Waals surface area contributed by atoms with Crippen LogP contribution in [-0.2, 0) is 27.8 Å². The number of methoxy groups -OCH3 is 1. The van der Waals surface area contributed by atoms with Crippen LogP contribution in [0.15, 0.2) is 30.5 Å². The number of benzene rings is 1. The molecule has 1 aromatic carbocycles. The number of sulfonamides is 1. The molecule has 0 bridgehead atoms. The van der Waals surface area contributed by atoms with Crippen molar-refractivity contribution in [2.24, 2.45) is 0 Å². The van der Waals surface area contributed by atoms with Gasteiger partial charge in [-0.2, -0.15) is 0 Å². The lowest BCUT2D eigenvalue weighted by molar-refractivity contribution is 0.0985. The van der Waals surface area contributed by atoms with Crippen LogP contribution in [0.2, 0.25) is 0 Å². The first-order valence-electron chi connectivity index (χ1n) is 9.21. The molecule has 0 unspecified atom stereocenters. The molecule has 2 heterocycles. The highest BCUT2D eigenvalue weighted by molar-refractivity contribution is 7.92. The molecule has 30 heavy (non-hydrogen) atoms. The fourth-order valence-corrected chi connectivity index (χ4v) is 4.23. The highest BCUT2D eigenvalue weighted by Gasteiger charge is 2.23. The van der Waals surface area contributed by atoms with Gasteiger partial charge in [0, 0.05) is 30.8 Å². The number of carbonyl (C=O) groups excluding carboxylic acids is 1. The number of rotatable bonds is 9. The molecule has 0 saturated carbocycles. The molecule has 0 amide bonds. The summed E-state index contributed by atoms with van der Waals surface area (Å²) in [7, 11) is -2.24. The molecule has 0 fully saturated rings. The molecule has 2 aromatic heterocycles. The van der Waals surface area contributed by atoms with Crippen LogP contribution in [0.5, 0.6) is 0 Å². The first-order chi connectivity index (χ1) is 14.2. The summed E-state index contributed by atoms with van der Waals surface area (Å²) < 4.78 is 59.9. The van der Waals surface area contributed by atoms with E-state index in [1.165, 1.54) is 6.20 Å². The Labute approximate surface area is 172 Å². The van der Waals surface area contributed by atoms with Crippen LogP contribution >= 0.6 is 0 Å². The number of nitrogens with one attached hydrogen (secondary N) is 2. The van der Waals surface area contributed by atoms with E-state index in [2.05, 4.69) is 14.7 Å². The van der Waals surface area contributed by atoms with E-state index in [4.69, 9.17) is 4.74 Å². The lowest BCUT2D eigenvalue weighted by atomic mass is 10.0. The molecule has 10 heteroatoms. The number of hydrogen-bond donors (Lipinski definition) is 2. The molecule has 160 valence electrons. The third kappa shape index (κ3) is 4.82. The number of fused-ring (bicyclic) bond motifs is 1. The molecule has 0 spiro atoms. The van der Waals surface area contributed by atoms with Gasteiger partial charge in [-0.1, -0.05) is 6.92 Å². The normalized spacial score (nSPS) is 11.7. The minimum atomic E-state index is -3.80. The molecule has 0 radical (unpaired) electrons. The Balaban J connectivity index is 1.87. The summed E-state index contributed by atoms with van der Waals surface area (Å²) in [6, 6.07) is 5.33. The number of aromatic amines is 1. The molecule has 3 aromatic rings. The molecule has 0 saturated heterocycles. The summed E-state index contributed by atoms with van der Waals surface area (Å²) in [5.41, 5.74) is 0.611. The Morgan fingerprint density at radius 1 is 1.27 bits per heavy atom. The number of ether oxygens (including phenoxy) is 1. The minimum absolute atomic E-state index is 0.222. The van der Waals surface area contributed by atoms with Crippen LogP contribution in [0.25, 0.3) is 11.0 Å². The number of pyridine rings is 1. The molecule has 0 atom stereocenters. The lowest BCUT2D eigenvalue weighted by Gasteiger charge is -2.11. The van der Waals surface area contributed by atoms with E-state index in [1.807, 2.05) is 6.07 Å². The maximum atomic E-state index is 14.8. The fraction of sp³-hybridized carbons (Fsp3) is 0.300. The van der Waals surface area contributed by atoms with Crippen molar-refractivity contribution in [2.45, 2.75) is 26.4 Å². The fourth-order valence-electron chi connectivity index (χ4n) is 3.10. The van der Waals surface area contributed by atoms with Crippen LogP contribution < -0.4 is 4.72 Å². The quantitative estimate of drug-likeness (QED) is 0.499. The third-order valence-corrected chi connectivity index (χ3v) is 5.83. The van der Waals surface area contributed by atoms with Crippen LogP contribution in [-0.4, -0.2) is 37.0 Å². The highest BCUT2D eigenvalue weighted by atomic mass is 32.2. The average molecular weight is 437 g/mol. The van der Waals surface area contributed by atoms with E-state index in [0.717, 1.165) is 23.2 Å². The molecule has 0 aliphatic rings. The summed E-state index contributed by atoms with van der Waals surface area (Å²) >= 11 is 0. The Morgan fingerprint density at radius 2 is 2.03 bits per heavy atom.